The minimum atomic E-state index is -0.130. The third-order valence-electron chi connectivity index (χ3n) is 2.70. The van der Waals surface area contributed by atoms with E-state index in [1.165, 1.54) is 0 Å². The van der Waals surface area contributed by atoms with Gasteiger partial charge in [-0.05, 0) is 52.2 Å². The minimum absolute atomic E-state index is 0.130. The van der Waals surface area contributed by atoms with E-state index in [1.807, 2.05) is 6.07 Å². The van der Waals surface area contributed by atoms with Gasteiger partial charge < -0.3 is 14.5 Å². The third kappa shape index (κ3) is 3.61. The summed E-state index contributed by atoms with van der Waals surface area (Å²) < 4.78 is 10.8. The molecule has 1 heterocycles. The number of nitrogens with one attached hydrogen (secondary N) is 1. The second-order valence-corrected chi connectivity index (χ2v) is 4.84. The molecule has 100 valence electrons. The Kier molecular flexibility index (Phi) is 4.63. The Bertz CT molecular complexity index is 552. The van der Waals surface area contributed by atoms with Crippen LogP contribution in [0.4, 0.5) is 0 Å². The number of rotatable bonds is 5. The summed E-state index contributed by atoms with van der Waals surface area (Å²) >= 11 is 3.36. The first-order valence-corrected chi connectivity index (χ1v) is 6.63. The van der Waals surface area contributed by atoms with Crippen LogP contribution < -0.4 is 10.1 Å². The van der Waals surface area contributed by atoms with Crippen molar-refractivity contribution in [3.05, 3.63) is 52.4 Å². The maximum Gasteiger partial charge on any atom is 0.252 e. The fourth-order valence-electron chi connectivity index (χ4n) is 1.66. The topological polar surface area (TPSA) is 51.5 Å². The van der Waals surface area contributed by atoms with Gasteiger partial charge in [-0.2, -0.15) is 0 Å². The average molecular weight is 324 g/mol. The number of benzene rings is 1. The quantitative estimate of drug-likeness (QED) is 0.920. The lowest BCUT2D eigenvalue weighted by Crippen LogP contribution is -2.25. The monoisotopic (exact) mass is 323 g/mol. The standard InChI is InChI=1S/C14H14BrNO3/c1-18-11-2-3-13(15)12(8-11)14(17)16-6-4-10-5-7-19-9-10/h2-3,5,7-9H,4,6H2,1H3,(H,16,17). The molecule has 19 heavy (non-hydrogen) atoms. The Morgan fingerprint density at radius 3 is 2.95 bits per heavy atom. The molecule has 0 saturated heterocycles. The van der Waals surface area contributed by atoms with Gasteiger partial charge in [-0.25, -0.2) is 0 Å². The van der Waals surface area contributed by atoms with E-state index in [0.717, 1.165) is 16.5 Å². The second-order valence-electron chi connectivity index (χ2n) is 3.98. The predicted octanol–water partition coefficient (Wildman–Crippen LogP) is 3.02. The highest BCUT2D eigenvalue weighted by Crippen LogP contribution is 2.22. The molecule has 0 atom stereocenters. The van der Waals surface area contributed by atoms with Gasteiger partial charge >= 0.3 is 0 Å². The largest absolute Gasteiger partial charge is 0.497 e. The van der Waals surface area contributed by atoms with E-state index in [4.69, 9.17) is 9.15 Å². The van der Waals surface area contributed by atoms with Crippen LogP contribution in [0.5, 0.6) is 5.75 Å². The molecule has 0 aliphatic heterocycles. The number of ether oxygens (including phenoxy) is 1. The molecular formula is C14H14BrNO3. The maximum atomic E-state index is 12.0. The molecule has 0 bridgehead atoms. The molecule has 0 saturated carbocycles. The lowest BCUT2D eigenvalue weighted by Gasteiger charge is -2.08. The van der Waals surface area contributed by atoms with Gasteiger partial charge in [0.2, 0.25) is 0 Å². The van der Waals surface area contributed by atoms with Crippen molar-refractivity contribution in [3.8, 4) is 5.75 Å². The van der Waals surface area contributed by atoms with Crippen LogP contribution in [-0.4, -0.2) is 19.6 Å². The zero-order valence-corrected chi connectivity index (χ0v) is 12.1. The van der Waals surface area contributed by atoms with Crippen LogP contribution in [0.2, 0.25) is 0 Å². The first kappa shape index (κ1) is 13.7. The Labute approximate surface area is 119 Å². The van der Waals surface area contributed by atoms with Gasteiger partial charge in [-0.1, -0.05) is 0 Å². The Balaban J connectivity index is 1.95. The highest BCUT2D eigenvalue weighted by atomic mass is 79.9. The van der Waals surface area contributed by atoms with Crippen LogP contribution >= 0.6 is 15.9 Å². The molecule has 4 nitrogen and oxygen atoms in total. The van der Waals surface area contributed by atoms with Gasteiger partial charge in [0, 0.05) is 11.0 Å². The maximum absolute atomic E-state index is 12.0. The summed E-state index contributed by atoms with van der Waals surface area (Å²) in [6, 6.07) is 7.18. The first-order chi connectivity index (χ1) is 9.20. The summed E-state index contributed by atoms with van der Waals surface area (Å²) in [6.07, 6.45) is 4.03. The zero-order valence-electron chi connectivity index (χ0n) is 10.5. The van der Waals surface area contributed by atoms with Crippen molar-refractivity contribution in [1.82, 2.24) is 5.32 Å². The van der Waals surface area contributed by atoms with Gasteiger partial charge in [-0.15, -0.1) is 0 Å². The van der Waals surface area contributed by atoms with E-state index in [2.05, 4.69) is 21.2 Å². The number of furan rings is 1. The second kappa shape index (κ2) is 6.43. The van der Waals surface area contributed by atoms with E-state index in [9.17, 15) is 4.79 Å². The van der Waals surface area contributed by atoms with Crippen molar-refractivity contribution >= 4 is 21.8 Å². The van der Waals surface area contributed by atoms with Gasteiger partial charge in [-0.3, -0.25) is 4.79 Å². The lowest BCUT2D eigenvalue weighted by atomic mass is 10.2. The number of carbonyl (C=O) groups is 1. The number of amides is 1. The Hall–Kier alpha value is -1.75. The van der Waals surface area contributed by atoms with Crippen LogP contribution in [0, 0.1) is 0 Å². The van der Waals surface area contributed by atoms with Crippen molar-refractivity contribution < 1.29 is 13.9 Å². The predicted molar refractivity (Wildman–Crippen MR) is 75.4 cm³/mol. The molecule has 1 N–H and O–H groups in total. The van der Waals surface area contributed by atoms with E-state index < -0.39 is 0 Å². The average Bonchev–Trinajstić information content (AvgIpc) is 2.92. The molecule has 0 aliphatic rings. The summed E-state index contributed by atoms with van der Waals surface area (Å²) in [5.74, 6) is 0.525. The molecular weight excluding hydrogens is 310 g/mol. The van der Waals surface area contributed by atoms with Crippen molar-refractivity contribution in [3.63, 3.8) is 0 Å². The summed E-state index contributed by atoms with van der Waals surface area (Å²) in [5.41, 5.74) is 1.62. The summed E-state index contributed by atoms with van der Waals surface area (Å²) in [6.45, 7) is 0.558. The van der Waals surface area contributed by atoms with Gasteiger partial charge in [0.25, 0.3) is 5.91 Å². The van der Waals surface area contributed by atoms with Crippen molar-refractivity contribution in [2.24, 2.45) is 0 Å². The van der Waals surface area contributed by atoms with Gasteiger partial charge in [0.15, 0.2) is 0 Å². The smallest absolute Gasteiger partial charge is 0.252 e. The molecule has 0 fully saturated rings. The molecule has 0 radical (unpaired) electrons. The van der Waals surface area contributed by atoms with E-state index in [-0.39, 0.29) is 5.91 Å². The number of hydrogen-bond donors (Lipinski definition) is 1. The van der Waals surface area contributed by atoms with Crippen LogP contribution in [0.25, 0.3) is 0 Å². The molecule has 1 aromatic heterocycles. The fourth-order valence-corrected chi connectivity index (χ4v) is 2.08. The molecule has 2 rings (SSSR count). The number of halogens is 1. The minimum Gasteiger partial charge on any atom is -0.497 e. The molecule has 1 aromatic carbocycles. The number of hydrogen-bond acceptors (Lipinski definition) is 3. The lowest BCUT2D eigenvalue weighted by molar-refractivity contribution is 0.0953. The van der Waals surface area contributed by atoms with Crippen LogP contribution in [0.1, 0.15) is 15.9 Å². The molecule has 1 amide bonds. The molecule has 0 spiro atoms. The van der Waals surface area contributed by atoms with E-state index in [0.29, 0.717) is 17.9 Å². The van der Waals surface area contributed by atoms with Crippen molar-refractivity contribution in [2.45, 2.75) is 6.42 Å². The number of methoxy groups -OCH3 is 1. The number of carbonyl (C=O) groups excluding carboxylic acids is 1. The van der Waals surface area contributed by atoms with Gasteiger partial charge in [0.1, 0.15) is 5.75 Å². The normalized spacial score (nSPS) is 10.2. The summed E-state index contributed by atoms with van der Waals surface area (Å²) in [5, 5.41) is 2.86. The molecule has 5 heteroatoms. The zero-order chi connectivity index (χ0) is 13.7. The highest BCUT2D eigenvalue weighted by molar-refractivity contribution is 9.10. The fraction of sp³-hybridized carbons (Fsp3) is 0.214. The molecule has 0 aliphatic carbocycles. The SMILES string of the molecule is COc1ccc(Br)c(C(=O)NCCc2ccoc2)c1. The van der Waals surface area contributed by atoms with Crippen molar-refractivity contribution in [1.29, 1.82) is 0 Å². The third-order valence-corrected chi connectivity index (χ3v) is 3.39. The van der Waals surface area contributed by atoms with E-state index >= 15 is 0 Å². The van der Waals surface area contributed by atoms with E-state index in [1.54, 1.807) is 37.8 Å². The summed E-state index contributed by atoms with van der Waals surface area (Å²) in [7, 11) is 1.57. The first-order valence-electron chi connectivity index (χ1n) is 5.83. The van der Waals surface area contributed by atoms with Crippen molar-refractivity contribution in [2.75, 3.05) is 13.7 Å². The van der Waals surface area contributed by atoms with Crippen LogP contribution in [0.15, 0.2) is 45.7 Å². The molecule has 0 unspecified atom stereocenters. The highest BCUT2D eigenvalue weighted by Gasteiger charge is 2.10. The summed E-state index contributed by atoms with van der Waals surface area (Å²) in [4.78, 5) is 12.0. The molecule has 2 aromatic rings. The Morgan fingerprint density at radius 1 is 1.42 bits per heavy atom. The van der Waals surface area contributed by atoms with Crippen LogP contribution in [-0.2, 0) is 6.42 Å². The Morgan fingerprint density at radius 2 is 2.26 bits per heavy atom. The van der Waals surface area contributed by atoms with Gasteiger partial charge in [0.05, 0.1) is 25.2 Å². The van der Waals surface area contributed by atoms with Crippen LogP contribution in [0.3, 0.4) is 0 Å².